The van der Waals surface area contributed by atoms with Crippen molar-refractivity contribution in [2.75, 3.05) is 0 Å². The maximum atomic E-state index is 5.97. The molecule has 0 N–H and O–H groups in total. The highest BCUT2D eigenvalue weighted by atomic mass is 35.5. The molecular formula is C12H8Cl3NO. The number of aromatic nitrogens is 1. The zero-order chi connectivity index (χ0) is 12.3. The summed E-state index contributed by atoms with van der Waals surface area (Å²) in [6.45, 7) is 0.365. The van der Waals surface area contributed by atoms with E-state index in [-0.39, 0.29) is 0 Å². The lowest BCUT2D eigenvalue weighted by Gasteiger charge is -2.08. The van der Waals surface area contributed by atoms with Crippen LogP contribution in [0, 0.1) is 0 Å². The number of nitrogens with zero attached hydrogens (tertiary/aromatic N) is 1. The Bertz CT molecular complexity index is 514. The second-order valence-electron chi connectivity index (χ2n) is 3.35. The first-order valence-corrected chi connectivity index (χ1v) is 5.97. The van der Waals surface area contributed by atoms with Crippen LogP contribution in [-0.4, -0.2) is 4.98 Å². The first-order chi connectivity index (χ1) is 8.15. The van der Waals surface area contributed by atoms with Crippen LogP contribution >= 0.6 is 34.8 Å². The van der Waals surface area contributed by atoms with Gasteiger partial charge in [-0.15, -0.1) is 0 Å². The second kappa shape index (κ2) is 5.58. The normalized spacial score (nSPS) is 10.3. The summed E-state index contributed by atoms with van der Waals surface area (Å²) in [5.74, 6) is 0.550. The van der Waals surface area contributed by atoms with Crippen LogP contribution in [0.4, 0.5) is 0 Å². The molecule has 0 aliphatic carbocycles. The average Bonchev–Trinajstić information content (AvgIpc) is 2.32. The summed E-state index contributed by atoms with van der Waals surface area (Å²) in [6.07, 6.45) is 1.65. The zero-order valence-electron chi connectivity index (χ0n) is 8.66. The van der Waals surface area contributed by atoms with Gasteiger partial charge in [0.1, 0.15) is 17.5 Å². The molecule has 0 saturated carbocycles. The predicted molar refractivity (Wildman–Crippen MR) is 70.0 cm³/mol. The Morgan fingerprint density at radius 2 is 1.88 bits per heavy atom. The maximum Gasteiger partial charge on any atom is 0.139 e. The smallest absolute Gasteiger partial charge is 0.139 e. The number of rotatable bonds is 3. The van der Waals surface area contributed by atoms with Gasteiger partial charge < -0.3 is 4.74 Å². The first kappa shape index (κ1) is 12.5. The van der Waals surface area contributed by atoms with Crippen LogP contribution < -0.4 is 4.74 Å². The van der Waals surface area contributed by atoms with Crippen molar-refractivity contribution < 1.29 is 4.74 Å². The van der Waals surface area contributed by atoms with Gasteiger partial charge >= 0.3 is 0 Å². The van der Waals surface area contributed by atoms with Gasteiger partial charge in [-0.2, -0.15) is 0 Å². The van der Waals surface area contributed by atoms with Crippen molar-refractivity contribution in [2.45, 2.75) is 6.61 Å². The highest BCUT2D eigenvalue weighted by Crippen LogP contribution is 2.28. The minimum Gasteiger partial charge on any atom is -0.487 e. The fourth-order valence-electron chi connectivity index (χ4n) is 1.24. The third-order valence-electron chi connectivity index (χ3n) is 2.08. The Kier molecular flexibility index (Phi) is 4.11. The van der Waals surface area contributed by atoms with Gasteiger partial charge in [-0.05, 0) is 18.2 Å². The highest BCUT2D eigenvalue weighted by molar-refractivity contribution is 6.34. The molecule has 17 heavy (non-hydrogen) atoms. The first-order valence-electron chi connectivity index (χ1n) is 4.83. The van der Waals surface area contributed by atoms with Crippen molar-refractivity contribution in [1.29, 1.82) is 0 Å². The van der Waals surface area contributed by atoms with Crippen LogP contribution in [-0.2, 0) is 6.61 Å². The quantitative estimate of drug-likeness (QED) is 0.769. The van der Waals surface area contributed by atoms with E-state index in [1.807, 2.05) is 6.07 Å². The number of ether oxygens (including phenoxy) is 1. The molecule has 0 aliphatic rings. The number of pyridine rings is 1. The monoisotopic (exact) mass is 287 g/mol. The van der Waals surface area contributed by atoms with Gasteiger partial charge in [0.2, 0.25) is 0 Å². The standard InChI is InChI=1S/C12H8Cl3NO/c13-9-2-3-10(14)11(5-9)17-7-8-1-4-12(15)16-6-8/h1-6H,7H2. The molecule has 0 atom stereocenters. The average molecular weight is 289 g/mol. The number of halogens is 3. The van der Waals surface area contributed by atoms with Crippen LogP contribution in [0.1, 0.15) is 5.56 Å². The summed E-state index contributed by atoms with van der Waals surface area (Å²) < 4.78 is 5.54. The van der Waals surface area contributed by atoms with Crippen LogP contribution in [0.2, 0.25) is 15.2 Å². The van der Waals surface area contributed by atoms with E-state index < -0.39 is 0 Å². The van der Waals surface area contributed by atoms with E-state index in [1.54, 1.807) is 30.5 Å². The van der Waals surface area contributed by atoms with E-state index in [2.05, 4.69) is 4.98 Å². The molecule has 0 amide bonds. The maximum absolute atomic E-state index is 5.97. The van der Waals surface area contributed by atoms with Gasteiger partial charge in [0, 0.05) is 22.8 Å². The molecule has 2 rings (SSSR count). The van der Waals surface area contributed by atoms with Crippen LogP contribution in [0.25, 0.3) is 0 Å². The SMILES string of the molecule is Clc1ccc(Cl)c(OCc2ccc(Cl)nc2)c1. The molecule has 1 aromatic heterocycles. The molecular weight excluding hydrogens is 280 g/mol. The highest BCUT2D eigenvalue weighted by Gasteiger charge is 2.03. The van der Waals surface area contributed by atoms with Crippen molar-refractivity contribution in [3.05, 3.63) is 57.3 Å². The van der Waals surface area contributed by atoms with Gasteiger partial charge in [-0.3, -0.25) is 0 Å². The molecule has 0 spiro atoms. The minimum absolute atomic E-state index is 0.365. The summed E-state index contributed by atoms with van der Waals surface area (Å²) in [4.78, 5) is 3.96. The number of hydrogen-bond donors (Lipinski definition) is 0. The van der Waals surface area contributed by atoms with Gasteiger partial charge in [-0.1, -0.05) is 40.9 Å². The molecule has 0 aliphatic heterocycles. The summed E-state index contributed by atoms with van der Waals surface area (Å²) in [5, 5.41) is 1.56. The van der Waals surface area contributed by atoms with Crippen molar-refractivity contribution >= 4 is 34.8 Å². The molecule has 0 saturated heterocycles. The van der Waals surface area contributed by atoms with Crippen molar-refractivity contribution in [2.24, 2.45) is 0 Å². The molecule has 5 heteroatoms. The van der Waals surface area contributed by atoms with Crippen LogP contribution in [0.3, 0.4) is 0 Å². The van der Waals surface area contributed by atoms with E-state index >= 15 is 0 Å². The van der Waals surface area contributed by atoms with Gasteiger partial charge in [-0.25, -0.2) is 4.98 Å². The Hall–Kier alpha value is -0.960. The Morgan fingerprint density at radius 3 is 2.59 bits per heavy atom. The molecule has 2 nitrogen and oxygen atoms in total. The van der Waals surface area contributed by atoms with Crippen molar-refractivity contribution in [3.63, 3.8) is 0 Å². The molecule has 1 heterocycles. The third kappa shape index (κ3) is 3.50. The molecule has 2 aromatic rings. The third-order valence-corrected chi connectivity index (χ3v) is 2.85. The molecule has 1 aromatic carbocycles. The lowest BCUT2D eigenvalue weighted by Crippen LogP contribution is -1.96. The Labute approximate surface area is 114 Å². The molecule has 0 radical (unpaired) electrons. The predicted octanol–water partition coefficient (Wildman–Crippen LogP) is 4.62. The summed E-state index contributed by atoms with van der Waals surface area (Å²) in [7, 11) is 0. The lowest BCUT2D eigenvalue weighted by atomic mass is 10.3. The number of hydrogen-bond acceptors (Lipinski definition) is 2. The summed E-state index contributed by atoms with van der Waals surface area (Å²) in [5.41, 5.74) is 0.908. The zero-order valence-corrected chi connectivity index (χ0v) is 10.9. The van der Waals surface area contributed by atoms with Crippen LogP contribution in [0.15, 0.2) is 36.5 Å². The largest absolute Gasteiger partial charge is 0.487 e. The fraction of sp³-hybridized carbons (Fsp3) is 0.0833. The van der Waals surface area contributed by atoms with Gasteiger partial charge in [0.25, 0.3) is 0 Å². The molecule has 0 fully saturated rings. The minimum atomic E-state index is 0.365. The Morgan fingerprint density at radius 1 is 1.06 bits per heavy atom. The van der Waals surface area contributed by atoms with Gasteiger partial charge in [0.15, 0.2) is 0 Å². The molecule has 0 unspecified atom stereocenters. The topological polar surface area (TPSA) is 22.1 Å². The van der Waals surface area contributed by atoms with E-state index in [0.29, 0.717) is 27.6 Å². The van der Waals surface area contributed by atoms with E-state index in [0.717, 1.165) is 5.56 Å². The summed E-state index contributed by atoms with van der Waals surface area (Å²) in [6, 6.07) is 8.63. The Balaban J connectivity index is 2.07. The van der Waals surface area contributed by atoms with E-state index in [9.17, 15) is 0 Å². The van der Waals surface area contributed by atoms with Crippen LogP contribution in [0.5, 0.6) is 5.75 Å². The second-order valence-corrected chi connectivity index (χ2v) is 4.58. The lowest BCUT2D eigenvalue weighted by molar-refractivity contribution is 0.306. The number of benzene rings is 1. The molecule has 88 valence electrons. The fourth-order valence-corrected chi connectivity index (χ4v) is 1.69. The van der Waals surface area contributed by atoms with E-state index in [4.69, 9.17) is 39.5 Å². The van der Waals surface area contributed by atoms with Crippen molar-refractivity contribution in [3.8, 4) is 5.75 Å². The van der Waals surface area contributed by atoms with Gasteiger partial charge in [0.05, 0.1) is 5.02 Å². The van der Waals surface area contributed by atoms with E-state index in [1.165, 1.54) is 0 Å². The van der Waals surface area contributed by atoms with Crippen molar-refractivity contribution in [1.82, 2.24) is 4.98 Å². The summed E-state index contributed by atoms with van der Waals surface area (Å²) >= 11 is 17.5. The molecule has 0 bridgehead atoms.